The molecule has 8 nitrogen and oxygen atoms in total. The van der Waals surface area contributed by atoms with E-state index in [9.17, 15) is 14.4 Å². The van der Waals surface area contributed by atoms with Crippen LogP contribution >= 0.6 is 11.8 Å². The van der Waals surface area contributed by atoms with E-state index in [1.54, 1.807) is 36.4 Å². The first-order chi connectivity index (χ1) is 13.6. The predicted molar refractivity (Wildman–Crippen MR) is 107 cm³/mol. The molecule has 9 heteroatoms. The Balaban J connectivity index is 1.93. The summed E-state index contributed by atoms with van der Waals surface area (Å²) in [6, 6.07) is 11.5. The van der Waals surface area contributed by atoms with Crippen LogP contribution in [0.1, 0.15) is 34.3 Å². The first-order valence-electron chi connectivity index (χ1n) is 8.57. The van der Waals surface area contributed by atoms with E-state index in [1.807, 2.05) is 6.92 Å². The largest absolute Gasteiger partial charge is 0.459 e. The number of aromatic amines is 1. The molecular weight excluding hydrogens is 380 g/mol. The quantitative estimate of drug-likeness (QED) is 0.415. The van der Waals surface area contributed by atoms with E-state index in [2.05, 4.69) is 20.6 Å². The van der Waals surface area contributed by atoms with Crippen LogP contribution in [-0.4, -0.2) is 27.5 Å². The molecule has 0 fully saturated rings. The van der Waals surface area contributed by atoms with Crippen molar-refractivity contribution in [3.05, 3.63) is 70.4 Å². The lowest BCUT2D eigenvalue weighted by Gasteiger charge is -2.11. The lowest BCUT2D eigenvalue weighted by atomic mass is 10.2. The summed E-state index contributed by atoms with van der Waals surface area (Å²) in [7, 11) is 0. The molecule has 0 unspecified atom stereocenters. The standard InChI is InChI=1S/C19H18N4O4S/c1-2-11-28-19-22-15(21-17(25)13-9-6-10-27-13)14(18(26)23-19)20-16(24)12-7-4-3-5-8-12/h3-10H,2,11H2,1H3,(H,20,24)(H2,21,22,23,25,26). The van der Waals surface area contributed by atoms with Gasteiger partial charge in [0.25, 0.3) is 17.4 Å². The Morgan fingerprint density at radius 1 is 1.11 bits per heavy atom. The zero-order chi connectivity index (χ0) is 19.9. The van der Waals surface area contributed by atoms with Crippen LogP contribution in [0.4, 0.5) is 11.5 Å². The van der Waals surface area contributed by atoms with Gasteiger partial charge in [-0.3, -0.25) is 19.4 Å². The highest BCUT2D eigenvalue weighted by molar-refractivity contribution is 7.99. The SMILES string of the molecule is CCCSc1nc(NC(=O)c2ccco2)c(NC(=O)c2ccccc2)c(=O)[nH]1. The molecule has 0 saturated carbocycles. The van der Waals surface area contributed by atoms with Gasteiger partial charge in [-0.1, -0.05) is 36.9 Å². The van der Waals surface area contributed by atoms with Gasteiger partial charge in [-0.05, 0) is 30.7 Å². The fraction of sp³-hybridized carbons (Fsp3) is 0.158. The van der Waals surface area contributed by atoms with Crippen LogP contribution in [0.15, 0.2) is 63.1 Å². The summed E-state index contributed by atoms with van der Waals surface area (Å²) >= 11 is 1.34. The van der Waals surface area contributed by atoms with E-state index in [0.29, 0.717) is 10.7 Å². The minimum Gasteiger partial charge on any atom is -0.459 e. The van der Waals surface area contributed by atoms with E-state index < -0.39 is 17.4 Å². The number of nitrogens with zero attached hydrogens (tertiary/aromatic N) is 1. The first kappa shape index (κ1) is 19.4. The lowest BCUT2D eigenvalue weighted by molar-refractivity contribution is 0.0992. The molecule has 3 N–H and O–H groups in total. The Bertz CT molecular complexity index is 1020. The molecule has 144 valence electrons. The molecule has 2 aromatic heterocycles. The van der Waals surface area contributed by atoms with Crippen molar-refractivity contribution in [1.29, 1.82) is 0 Å². The Morgan fingerprint density at radius 3 is 2.57 bits per heavy atom. The zero-order valence-electron chi connectivity index (χ0n) is 15.0. The molecule has 3 aromatic rings. The number of furan rings is 1. The van der Waals surface area contributed by atoms with E-state index in [-0.39, 0.29) is 17.3 Å². The molecule has 0 aliphatic heterocycles. The number of aromatic nitrogens is 2. The van der Waals surface area contributed by atoms with Crippen molar-refractivity contribution in [2.24, 2.45) is 0 Å². The molecule has 0 spiro atoms. The molecule has 0 aliphatic rings. The van der Waals surface area contributed by atoms with Crippen molar-refractivity contribution >= 4 is 35.1 Å². The Kier molecular flexibility index (Phi) is 6.28. The maximum Gasteiger partial charge on any atom is 0.292 e. The van der Waals surface area contributed by atoms with Gasteiger partial charge in [0.2, 0.25) is 0 Å². The monoisotopic (exact) mass is 398 g/mol. The number of carbonyl (C=O) groups is 2. The van der Waals surface area contributed by atoms with Gasteiger partial charge in [-0.2, -0.15) is 0 Å². The van der Waals surface area contributed by atoms with Crippen LogP contribution in [0.25, 0.3) is 0 Å². The second-order valence-electron chi connectivity index (χ2n) is 5.69. The highest BCUT2D eigenvalue weighted by Crippen LogP contribution is 2.21. The van der Waals surface area contributed by atoms with Crippen LogP contribution < -0.4 is 16.2 Å². The van der Waals surface area contributed by atoms with Gasteiger partial charge in [0.05, 0.1) is 6.26 Å². The maximum atomic E-state index is 12.6. The highest BCUT2D eigenvalue weighted by Gasteiger charge is 2.19. The number of rotatable bonds is 7. The fourth-order valence-corrected chi connectivity index (χ4v) is 3.00. The van der Waals surface area contributed by atoms with Gasteiger partial charge in [0, 0.05) is 11.3 Å². The smallest absolute Gasteiger partial charge is 0.292 e. The third kappa shape index (κ3) is 4.68. The number of anilines is 2. The summed E-state index contributed by atoms with van der Waals surface area (Å²) in [6.45, 7) is 2.00. The molecule has 2 amide bonds. The van der Waals surface area contributed by atoms with Crippen LogP contribution in [0, 0.1) is 0 Å². The van der Waals surface area contributed by atoms with E-state index in [4.69, 9.17) is 4.42 Å². The molecule has 0 radical (unpaired) electrons. The molecule has 3 rings (SSSR count). The van der Waals surface area contributed by atoms with Gasteiger partial charge in [-0.25, -0.2) is 4.98 Å². The van der Waals surface area contributed by atoms with Gasteiger partial charge < -0.3 is 15.1 Å². The molecule has 0 saturated heterocycles. The first-order valence-corrected chi connectivity index (χ1v) is 9.55. The molecule has 0 atom stereocenters. The van der Waals surface area contributed by atoms with Crippen LogP contribution in [-0.2, 0) is 0 Å². The van der Waals surface area contributed by atoms with E-state index in [0.717, 1.165) is 12.2 Å². The molecule has 2 heterocycles. The molecule has 0 bridgehead atoms. The van der Waals surface area contributed by atoms with Crippen molar-refractivity contribution in [3.8, 4) is 0 Å². The zero-order valence-corrected chi connectivity index (χ0v) is 15.8. The van der Waals surface area contributed by atoms with Gasteiger partial charge in [0.15, 0.2) is 22.4 Å². The summed E-state index contributed by atoms with van der Waals surface area (Å²) < 4.78 is 5.06. The number of H-pyrrole nitrogens is 1. The average Bonchev–Trinajstić information content (AvgIpc) is 3.24. The normalized spacial score (nSPS) is 10.5. The summed E-state index contributed by atoms with van der Waals surface area (Å²) in [5, 5.41) is 5.41. The Labute approximate surface area is 164 Å². The number of carbonyl (C=O) groups excluding carboxylic acids is 2. The minimum atomic E-state index is -0.579. The van der Waals surface area contributed by atoms with Gasteiger partial charge in [-0.15, -0.1) is 0 Å². The summed E-state index contributed by atoms with van der Waals surface area (Å²) in [4.78, 5) is 44.3. The Morgan fingerprint density at radius 2 is 1.89 bits per heavy atom. The van der Waals surface area contributed by atoms with Crippen molar-refractivity contribution in [2.75, 3.05) is 16.4 Å². The minimum absolute atomic E-state index is 0.0481. The lowest BCUT2D eigenvalue weighted by Crippen LogP contribution is -2.25. The summed E-state index contributed by atoms with van der Waals surface area (Å²) in [5.41, 5.74) is -0.336. The van der Waals surface area contributed by atoms with Crippen molar-refractivity contribution in [1.82, 2.24) is 9.97 Å². The van der Waals surface area contributed by atoms with Gasteiger partial charge >= 0.3 is 0 Å². The van der Waals surface area contributed by atoms with E-state index >= 15 is 0 Å². The molecular formula is C19H18N4O4S. The predicted octanol–water partition coefficient (Wildman–Crippen LogP) is 3.37. The molecule has 1 aromatic carbocycles. The maximum absolute atomic E-state index is 12.6. The number of hydrogen-bond acceptors (Lipinski definition) is 6. The van der Waals surface area contributed by atoms with Crippen molar-refractivity contribution in [3.63, 3.8) is 0 Å². The Hall–Kier alpha value is -3.33. The number of hydrogen-bond donors (Lipinski definition) is 3. The highest BCUT2D eigenvalue weighted by atomic mass is 32.2. The number of benzene rings is 1. The second kappa shape index (κ2) is 9.05. The van der Waals surface area contributed by atoms with Crippen molar-refractivity contribution < 1.29 is 14.0 Å². The fourth-order valence-electron chi connectivity index (χ4n) is 2.28. The van der Waals surface area contributed by atoms with Crippen molar-refractivity contribution in [2.45, 2.75) is 18.5 Å². The number of amides is 2. The molecule has 0 aliphatic carbocycles. The third-order valence-corrected chi connectivity index (χ3v) is 4.67. The van der Waals surface area contributed by atoms with Crippen LogP contribution in [0.2, 0.25) is 0 Å². The summed E-state index contributed by atoms with van der Waals surface area (Å²) in [5.74, 6) is -0.317. The topological polar surface area (TPSA) is 117 Å². The van der Waals surface area contributed by atoms with Crippen LogP contribution in [0.5, 0.6) is 0 Å². The number of nitrogens with one attached hydrogen (secondary N) is 3. The van der Waals surface area contributed by atoms with Gasteiger partial charge in [0.1, 0.15) is 0 Å². The van der Waals surface area contributed by atoms with Crippen LogP contribution in [0.3, 0.4) is 0 Å². The summed E-state index contributed by atoms with van der Waals surface area (Å²) in [6.07, 6.45) is 2.25. The number of thioether (sulfide) groups is 1. The second-order valence-corrected chi connectivity index (χ2v) is 6.78. The third-order valence-electron chi connectivity index (χ3n) is 3.59. The van der Waals surface area contributed by atoms with E-state index in [1.165, 1.54) is 24.1 Å². The molecule has 28 heavy (non-hydrogen) atoms. The average molecular weight is 398 g/mol.